The van der Waals surface area contributed by atoms with Crippen molar-refractivity contribution in [3.63, 3.8) is 0 Å². The van der Waals surface area contributed by atoms with Crippen molar-refractivity contribution in [3.05, 3.63) is 0 Å². The van der Waals surface area contributed by atoms with E-state index in [1.165, 1.54) is 12.8 Å². The van der Waals surface area contributed by atoms with Gasteiger partial charge in [0.1, 0.15) is 0 Å². The number of hydrogen-bond acceptors (Lipinski definition) is 3. The molecule has 0 aliphatic heterocycles. The second kappa shape index (κ2) is 8.12. The smallest absolute Gasteiger partial charge is 0.211 e. The van der Waals surface area contributed by atoms with Crippen molar-refractivity contribution in [2.24, 2.45) is 5.92 Å². The van der Waals surface area contributed by atoms with Crippen LogP contribution in [0, 0.1) is 5.92 Å². The first-order chi connectivity index (χ1) is 8.49. The normalized spacial score (nSPS) is 16.4. The van der Waals surface area contributed by atoms with E-state index in [9.17, 15) is 8.42 Å². The highest BCUT2D eigenvalue weighted by Gasteiger charge is 2.19. The monoisotopic (exact) mass is 276 g/mol. The van der Waals surface area contributed by atoms with Crippen LogP contribution in [-0.2, 0) is 10.0 Å². The van der Waals surface area contributed by atoms with Gasteiger partial charge in [-0.05, 0) is 51.0 Å². The maximum atomic E-state index is 11.7. The first-order valence-corrected chi connectivity index (χ1v) is 8.85. The Morgan fingerprint density at radius 2 is 1.83 bits per heavy atom. The van der Waals surface area contributed by atoms with E-state index in [1.807, 2.05) is 0 Å². The van der Waals surface area contributed by atoms with Crippen LogP contribution in [0.4, 0.5) is 0 Å². The lowest BCUT2D eigenvalue weighted by molar-refractivity contribution is 0.538. The molecule has 108 valence electrons. The standard InChI is InChI=1S/C13H28N2O2S/c1-12(2)6-5-10-15-18(16,17)11-4-3-9-14-13-7-8-13/h12-15H,3-11H2,1-2H3. The third-order valence-electron chi connectivity index (χ3n) is 3.13. The molecule has 0 spiro atoms. The van der Waals surface area contributed by atoms with E-state index in [-0.39, 0.29) is 5.75 Å². The van der Waals surface area contributed by atoms with Gasteiger partial charge in [0, 0.05) is 12.6 Å². The molecule has 0 radical (unpaired) electrons. The molecule has 1 rings (SSSR count). The number of nitrogens with one attached hydrogen (secondary N) is 2. The average Bonchev–Trinajstić information content (AvgIpc) is 3.07. The summed E-state index contributed by atoms with van der Waals surface area (Å²) in [5.74, 6) is 0.907. The fraction of sp³-hybridized carbons (Fsp3) is 1.00. The zero-order chi connectivity index (χ0) is 13.4. The summed E-state index contributed by atoms with van der Waals surface area (Å²) < 4.78 is 26.0. The Balaban J connectivity index is 1.96. The molecular formula is C13H28N2O2S. The second-order valence-corrected chi connectivity index (χ2v) is 7.61. The van der Waals surface area contributed by atoms with E-state index < -0.39 is 10.0 Å². The minimum Gasteiger partial charge on any atom is -0.314 e. The van der Waals surface area contributed by atoms with Gasteiger partial charge in [-0.2, -0.15) is 0 Å². The topological polar surface area (TPSA) is 58.2 Å². The molecular weight excluding hydrogens is 248 g/mol. The molecule has 1 aliphatic carbocycles. The SMILES string of the molecule is CC(C)CCCNS(=O)(=O)CCCCNC1CC1. The molecule has 0 aromatic rings. The quantitative estimate of drug-likeness (QED) is 0.566. The van der Waals surface area contributed by atoms with Crippen LogP contribution < -0.4 is 10.0 Å². The Bertz CT molecular complexity index is 311. The van der Waals surface area contributed by atoms with E-state index in [4.69, 9.17) is 0 Å². The highest BCUT2D eigenvalue weighted by Crippen LogP contribution is 2.18. The summed E-state index contributed by atoms with van der Waals surface area (Å²) in [6.45, 7) is 5.84. The second-order valence-electron chi connectivity index (χ2n) is 5.68. The highest BCUT2D eigenvalue weighted by molar-refractivity contribution is 7.89. The summed E-state index contributed by atoms with van der Waals surface area (Å²) in [5, 5.41) is 3.39. The van der Waals surface area contributed by atoms with Gasteiger partial charge in [-0.3, -0.25) is 0 Å². The minimum atomic E-state index is -3.04. The molecule has 2 N–H and O–H groups in total. The van der Waals surface area contributed by atoms with Crippen LogP contribution in [0.5, 0.6) is 0 Å². The van der Waals surface area contributed by atoms with Crippen molar-refractivity contribution in [1.82, 2.24) is 10.0 Å². The fourth-order valence-corrected chi connectivity index (χ4v) is 3.00. The van der Waals surface area contributed by atoms with Crippen molar-refractivity contribution in [2.45, 2.75) is 58.4 Å². The molecule has 1 saturated carbocycles. The predicted octanol–water partition coefficient (Wildman–Crippen LogP) is 1.87. The van der Waals surface area contributed by atoms with Crippen molar-refractivity contribution in [2.75, 3.05) is 18.8 Å². The fourth-order valence-electron chi connectivity index (χ4n) is 1.82. The zero-order valence-corrected chi connectivity index (χ0v) is 12.6. The van der Waals surface area contributed by atoms with Gasteiger partial charge in [0.25, 0.3) is 0 Å². The largest absolute Gasteiger partial charge is 0.314 e. The first kappa shape index (κ1) is 15.9. The molecule has 5 heteroatoms. The first-order valence-electron chi connectivity index (χ1n) is 7.20. The van der Waals surface area contributed by atoms with Gasteiger partial charge in [-0.15, -0.1) is 0 Å². The molecule has 0 atom stereocenters. The third kappa shape index (κ3) is 8.89. The summed E-state index contributed by atoms with van der Waals surface area (Å²) >= 11 is 0. The maximum absolute atomic E-state index is 11.7. The Kier molecular flexibility index (Phi) is 7.19. The number of rotatable bonds is 11. The van der Waals surface area contributed by atoms with Crippen molar-refractivity contribution in [1.29, 1.82) is 0 Å². The third-order valence-corrected chi connectivity index (χ3v) is 4.60. The molecule has 18 heavy (non-hydrogen) atoms. The number of hydrogen-bond donors (Lipinski definition) is 2. The molecule has 1 fully saturated rings. The minimum absolute atomic E-state index is 0.265. The Morgan fingerprint density at radius 3 is 2.44 bits per heavy atom. The molecule has 4 nitrogen and oxygen atoms in total. The predicted molar refractivity (Wildman–Crippen MR) is 76.1 cm³/mol. The van der Waals surface area contributed by atoms with E-state index in [1.54, 1.807) is 0 Å². The summed E-state index contributed by atoms with van der Waals surface area (Å²) in [6.07, 6.45) is 6.28. The van der Waals surface area contributed by atoms with Crippen LogP contribution in [0.3, 0.4) is 0 Å². The molecule has 0 bridgehead atoms. The summed E-state index contributed by atoms with van der Waals surface area (Å²) in [7, 11) is -3.04. The van der Waals surface area contributed by atoms with Crippen LogP contribution in [0.25, 0.3) is 0 Å². The number of sulfonamides is 1. The Hall–Kier alpha value is -0.130. The van der Waals surface area contributed by atoms with Crippen LogP contribution in [0.15, 0.2) is 0 Å². The lowest BCUT2D eigenvalue weighted by Crippen LogP contribution is -2.28. The number of unbranched alkanes of at least 4 members (excludes halogenated alkanes) is 1. The lowest BCUT2D eigenvalue weighted by Gasteiger charge is -2.08. The maximum Gasteiger partial charge on any atom is 0.211 e. The highest BCUT2D eigenvalue weighted by atomic mass is 32.2. The van der Waals surface area contributed by atoms with E-state index in [2.05, 4.69) is 23.9 Å². The summed E-state index contributed by atoms with van der Waals surface area (Å²) in [5.41, 5.74) is 0. The van der Waals surface area contributed by atoms with Crippen molar-refractivity contribution >= 4 is 10.0 Å². The molecule has 0 aromatic carbocycles. The van der Waals surface area contributed by atoms with Gasteiger partial charge in [0.05, 0.1) is 5.75 Å². The van der Waals surface area contributed by atoms with Gasteiger partial charge in [0.15, 0.2) is 0 Å². The zero-order valence-electron chi connectivity index (χ0n) is 11.7. The van der Waals surface area contributed by atoms with E-state index >= 15 is 0 Å². The van der Waals surface area contributed by atoms with E-state index in [0.29, 0.717) is 12.5 Å². The molecule has 0 heterocycles. The average molecular weight is 276 g/mol. The van der Waals surface area contributed by atoms with Gasteiger partial charge in [-0.25, -0.2) is 13.1 Å². The Labute approximate surface area is 112 Å². The molecule has 1 aliphatic rings. The van der Waals surface area contributed by atoms with Gasteiger partial charge < -0.3 is 5.32 Å². The van der Waals surface area contributed by atoms with Crippen molar-refractivity contribution in [3.8, 4) is 0 Å². The van der Waals surface area contributed by atoms with Gasteiger partial charge in [-0.1, -0.05) is 13.8 Å². The van der Waals surface area contributed by atoms with Crippen LogP contribution in [-0.4, -0.2) is 33.3 Å². The van der Waals surface area contributed by atoms with Crippen LogP contribution in [0.2, 0.25) is 0 Å². The van der Waals surface area contributed by atoms with Gasteiger partial charge in [0.2, 0.25) is 10.0 Å². The molecule has 0 amide bonds. The van der Waals surface area contributed by atoms with Crippen molar-refractivity contribution < 1.29 is 8.42 Å². The molecule has 0 saturated heterocycles. The van der Waals surface area contributed by atoms with Gasteiger partial charge >= 0.3 is 0 Å². The summed E-state index contributed by atoms with van der Waals surface area (Å²) in [4.78, 5) is 0. The van der Waals surface area contributed by atoms with Crippen LogP contribution >= 0.6 is 0 Å². The summed E-state index contributed by atoms with van der Waals surface area (Å²) in [6, 6.07) is 0.718. The van der Waals surface area contributed by atoms with E-state index in [0.717, 1.165) is 38.3 Å². The lowest BCUT2D eigenvalue weighted by atomic mass is 10.1. The molecule has 0 aromatic heterocycles. The van der Waals surface area contributed by atoms with Crippen LogP contribution in [0.1, 0.15) is 52.4 Å². The molecule has 0 unspecified atom stereocenters. The Morgan fingerprint density at radius 1 is 1.11 bits per heavy atom.